The first-order chi connectivity index (χ1) is 12.3. The van der Waals surface area contributed by atoms with Crippen LogP contribution in [-0.2, 0) is 0 Å². The fraction of sp³-hybridized carbons (Fsp3) is 0.235. The van der Waals surface area contributed by atoms with Gasteiger partial charge >= 0.3 is 0 Å². The topological polar surface area (TPSA) is 83.9 Å². The van der Waals surface area contributed by atoms with Gasteiger partial charge in [0.05, 0.1) is 5.69 Å². The minimum Gasteiger partial charge on any atom is -0.355 e. The van der Waals surface area contributed by atoms with Gasteiger partial charge in [0.1, 0.15) is 5.69 Å². The first-order valence-corrected chi connectivity index (χ1v) is 8.94. The second-order valence-electron chi connectivity index (χ2n) is 5.68. The molecule has 0 atom stereocenters. The molecule has 4 rings (SSSR count). The summed E-state index contributed by atoms with van der Waals surface area (Å²) in [6.07, 6.45) is 4.06. The lowest BCUT2D eigenvalue weighted by molar-refractivity contribution is 0.102. The van der Waals surface area contributed by atoms with Crippen molar-refractivity contribution in [2.24, 2.45) is 0 Å². The lowest BCUT2D eigenvalue weighted by atomic mass is 10.3. The summed E-state index contributed by atoms with van der Waals surface area (Å²) >= 11 is 1.35. The number of nitrogens with one attached hydrogen (secondary N) is 1. The Morgan fingerprint density at radius 1 is 1.08 bits per heavy atom. The standard InChI is InChI=1S/C17H16N6OS/c24-16(13-6-7-15(22-21-13)23-9-3-4-10-23)20-17-19-14(11-25-17)12-5-1-2-8-18-12/h1-2,5-8,11H,3-4,9-10H2,(H,19,20,24). The number of carbonyl (C=O) groups excluding carboxylic acids is 1. The molecule has 25 heavy (non-hydrogen) atoms. The molecule has 4 heterocycles. The van der Waals surface area contributed by atoms with Crippen LogP contribution in [0.25, 0.3) is 11.4 Å². The van der Waals surface area contributed by atoms with Crippen LogP contribution < -0.4 is 10.2 Å². The fourth-order valence-electron chi connectivity index (χ4n) is 2.69. The summed E-state index contributed by atoms with van der Waals surface area (Å²) in [5.41, 5.74) is 1.78. The highest BCUT2D eigenvalue weighted by atomic mass is 32.1. The van der Waals surface area contributed by atoms with Crippen molar-refractivity contribution in [3.63, 3.8) is 0 Å². The van der Waals surface area contributed by atoms with Gasteiger partial charge in [0.15, 0.2) is 16.6 Å². The normalized spacial score (nSPS) is 13.8. The van der Waals surface area contributed by atoms with Gasteiger partial charge in [-0.3, -0.25) is 15.1 Å². The van der Waals surface area contributed by atoms with Crippen LogP contribution in [0.15, 0.2) is 41.9 Å². The van der Waals surface area contributed by atoms with E-state index in [9.17, 15) is 4.79 Å². The smallest absolute Gasteiger partial charge is 0.277 e. The van der Waals surface area contributed by atoms with Crippen LogP contribution in [-0.4, -0.2) is 39.2 Å². The van der Waals surface area contributed by atoms with Gasteiger partial charge in [-0.2, -0.15) is 0 Å². The molecule has 1 fully saturated rings. The van der Waals surface area contributed by atoms with Crippen LogP contribution in [0, 0.1) is 0 Å². The van der Waals surface area contributed by atoms with Crippen LogP contribution in [0.4, 0.5) is 10.9 Å². The first kappa shape index (κ1) is 15.6. The number of aromatic nitrogens is 4. The van der Waals surface area contributed by atoms with Gasteiger partial charge in [-0.05, 0) is 37.1 Å². The van der Waals surface area contributed by atoms with Crippen molar-refractivity contribution in [3.05, 3.63) is 47.6 Å². The monoisotopic (exact) mass is 352 g/mol. The van der Waals surface area contributed by atoms with E-state index in [0.29, 0.717) is 5.13 Å². The fourth-order valence-corrected chi connectivity index (χ4v) is 3.38. The highest BCUT2D eigenvalue weighted by Crippen LogP contribution is 2.23. The Kier molecular flexibility index (Phi) is 4.34. The number of hydrogen-bond acceptors (Lipinski definition) is 7. The molecular weight excluding hydrogens is 336 g/mol. The molecule has 0 radical (unpaired) electrons. The van der Waals surface area contributed by atoms with Crippen molar-refractivity contribution in [2.45, 2.75) is 12.8 Å². The van der Waals surface area contributed by atoms with Crippen molar-refractivity contribution < 1.29 is 4.79 Å². The molecule has 1 aliphatic rings. The number of amides is 1. The molecule has 126 valence electrons. The summed E-state index contributed by atoms with van der Waals surface area (Å²) < 4.78 is 0. The van der Waals surface area contributed by atoms with Gasteiger partial charge in [-0.25, -0.2) is 4.98 Å². The summed E-state index contributed by atoms with van der Waals surface area (Å²) in [6.45, 7) is 1.99. The molecule has 1 saturated heterocycles. The molecule has 1 aliphatic heterocycles. The molecular formula is C17H16N6OS. The number of carbonyl (C=O) groups is 1. The number of hydrogen-bond donors (Lipinski definition) is 1. The zero-order chi connectivity index (χ0) is 17.1. The number of rotatable bonds is 4. The van der Waals surface area contributed by atoms with E-state index in [0.717, 1.165) is 30.3 Å². The Hall–Kier alpha value is -2.87. The summed E-state index contributed by atoms with van der Waals surface area (Å²) in [5.74, 6) is 0.503. The zero-order valence-corrected chi connectivity index (χ0v) is 14.2. The van der Waals surface area contributed by atoms with Gasteiger partial charge in [0.2, 0.25) is 0 Å². The highest BCUT2D eigenvalue weighted by molar-refractivity contribution is 7.14. The van der Waals surface area contributed by atoms with Crippen LogP contribution >= 0.6 is 11.3 Å². The molecule has 3 aromatic rings. The van der Waals surface area contributed by atoms with Crippen LogP contribution in [0.1, 0.15) is 23.3 Å². The van der Waals surface area contributed by atoms with Crippen molar-refractivity contribution in [1.29, 1.82) is 0 Å². The highest BCUT2D eigenvalue weighted by Gasteiger charge is 2.16. The van der Waals surface area contributed by atoms with Crippen LogP contribution in [0.5, 0.6) is 0 Å². The summed E-state index contributed by atoms with van der Waals surface area (Å²) in [6, 6.07) is 9.17. The Labute approximate surface area is 148 Å². The van der Waals surface area contributed by atoms with Crippen molar-refractivity contribution in [1.82, 2.24) is 20.2 Å². The molecule has 0 bridgehead atoms. The third kappa shape index (κ3) is 3.48. The maximum Gasteiger partial charge on any atom is 0.277 e. The molecule has 3 aromatic heterocycles. The number of anilines is 2. The summed E-state index contributed by atoms with van der Waals surface area (Å²) in [7, 11) is 0. The SMILES string of the molecule is O=C(Nc1nc(-c2ccccn2)cs1)c1ccc(N2CCCC2)nn1. The number of nitrogens with zero attached hydrogens (tertiary/aromatic N) is 5. The summed E-state index contributed by atoms with van der Waals surface area (Å²) in [4.78, 5) is 23.1. The largest absolute Gasteiger partial charge is 0.355 e. The molecule has 0 unspecified atom stereocenters. The van der Waals surface area contributed by atoms with Crippen molar-refractivity contribution in [2.75, 3.05) is 23.3 Å². The predicted molar refractivity (Wildman–Crippen MR) is 96.8 cm³/mol. The van der Waals surface area contributed by atoms with E-state index in [1.807, 2.05) is 29.6 Å². The third-order valence-electron chi connectivity index (χ3n) is 3.97. The van der Waals surface area contributed by atoms with E-state index in [1.165, 1.54) is 24.2 Å². The number of thiazole rings is 1. The van der Waals surface area contributed by atoms with Crippen molar-refractivity contribution >= 4 is 28.2 Å². The van der Waals surface area contributed by atoms with E-state index >= 15 is 0 Å². The maximum absolute atomic E-state index is 12.3. The van der Waals surface area contributed by atoms with E-state index < -0.39 is 0 Å². The van der Waals surface area contributed by atoms with E-state index in [2.05, 4.69) is 30.4 Å². The maximum atomic E-state index is 12.3. The van der Waals surface area contributed by atoms with E-state index in [-0.39, 0.29) is 11.6 Å². The molecule has 0 saturated carbocycles. The molecule has 0 spiro atoms. The molecule has 0 aliphatic carbocycles. The predicted octanol–water partition coefficient (Wildman–Crippen LogP) is 2.85. The zero-order valence-electron chi connectivity index (χ0n) is 13.4. The minimum atomic E-state index is -0.317. The number of pyridine rings is 1. The Morgan fingerprint density at radius 3 is 2.68 bits per heavy atom. The minimum absolute atomic E-state index is 0.275. The third-order valence-corrected chi connectivity index (χ3v) is 4.72. The summed E-state index contributed by atoms with van der Waals surface area (Å²) in [5, 5.41) is 13.3. The Balaban J connectivity index is 1.44. The van der Waals surface area contributed by atoms with Crippen LogP contribution in [0.3, 0.4) is 0 Å². The molecule has 1 amide bonds. The van der Waals surface area contributed by atoms with Gasteiger partial charge in [0, 0.05) is 24.7 Å². The first-order valence-electron chi connectivity index (χ1n) is 8.06. The van der Waals surface area contributed by atoms with Gasteiger partial charge in [-0.1, -0.05) is 6.07 Å². The van der Waals surface area contributed by atoms with Gasteiger partial charge < -0.3 is 4.90 Å². The van der Waals surface area contributed by atoms with E-state index in [4.69, 9.17) is 0 Å². The second-order valence-corrected chi connectivity index (χ2v) is 6.54. The molecule has 1 N–H and O–H groups in total. The Morgan fingerprint density at radius 2 is 1.96 bits per heavy atom. The van der Waals surface area contributed by atoms with Crippen LogP contribution in [0.2, 0.25) is 0 Å². The average molecular weight is 352 g/mol. The van der Waals surface area contributed by atoms with E-state index in [1.54, 1.807) is 12.3 Å². The van der Waals surface area contributed by atoms with Gasteiger partial charge in [0.25, 0.3) is 5.91 Å². The second kappa shape index (κ2) is 6.94. The molecule has 7 nitrogen and oxygen atoms in total. The molecule has 0 aromatic carbocycles. The average Bonchev–Trinajstić information content (AvgIpc) is 3.35. The lowest BCUT2D eigenvalue weighted by Gasteiger charge is -2.14. The Bertz CT molecular complexity index is 858. The lowest BCUT2D eigenvalue weighted by Crippen LogP contribution is -2.20. The molecule has 8 heteroatoms. The van der Waals surface area contributed by atoms with Gasteiger partial charge in [-0.15, -0.1) is 21.5 Å². The quantitative estimate of drug-likeness (QED) is 0.777. The van der Waals surface area contributed by atoms with Crippen molar-refractivity contribution in [3.8, 4) is 11.4 Å².